The molecule has 98 valence electrons. The molecule has 0 fully saturated rings. The van der Waals surface area contributed by atoms with Gasteiger partial charge in [0.15, 0.2) is 5.69 Å². The molecule has 2 unspecified atom stereocenters. The van der Waals surface area contributed by atoms with Crippen molar-refractivity contribution in [2.24, 2.45) is 0 Å². The summed E-state index contributed by atoms with van der Waals surface area (Å²) >= 11 is 3.61. The molecule has 1 heterocycles. The zero-order valence-corrected chi connectivity index (χ0v) is 12.2. The van der Waals surface area contributed by atoms with Crippen molar-refractivity contribution < 1.29 is 9.53 Å². The van der Waals surface area contributed by atoms with Crippen molar-refractivity contribution in [3.63, 3.8) is 0 Å². The predicted molar refractivity (Wildman–Crippen MR) is 76.8 cm³/mol. The lowest BCUT2D eigenvalue weighted by atomic mass is 10.1. The second kappa shape index (κ2) is 5.28. The maximum absolute atomic E-state index is 12.3. The summed E-state index contributed by atoms with van der Waals surface area (Å²) in [5.74, 6) is 0. The molecule has 5 heteroatoms. The summed E-state index contributed by atoms with van der Waals surface area (Å²) in [7, 11) is 0. The minimum absolute atomic E-state index is 0.0422. The standard InChI is InChI=1S/C13H18BrN2O2/c1-3-10-9-15-11-7-5-6-8-12(11)16(10,14)13(17)18-4-2/h5-8,10,15H,3-4,9H2,1-2H3/q+1. The number of fused-ring (bicyclic) bond motifs is 1. The van der Waals surface area contributed by atoms with Gasteiger partial charge in [0, 0.05) is 12.5 Å². The number of carbonyl (C=O) groups is 1. The Balaban J connectivity index is 2.49. The molecular formula is C13H18BrN2O2+. The van der Waals surface area contributed by atoms with Crippen molar-refractivity contribution in [3.05, 3.63) is 24.3 Å². The van der Waals surface area contributed by atoms with Crippen molar-refractivity contribution in [1.29, 1.82) is 0 Å². The molecule has 2 rings (SSSR count). The molecule has 0 aromatic heterocycles. The van der Waals surface area contributed by atoms with Crippen LogP contribution in [0.2, 0.25) is 0 Å². The Bertz CT molecular complexity index is 452. The van der Waals surface area contributed by atoms with Gasteiger partial charge in [-0.05, 0) is 13.0 Å². The fraction of sp³-hybridized carbons (Fsp3) is 0.462. The zero-order valence-electron chi connectivity index (χ0n) is 10.6. The molecule has 1 aromatic carbocycles. The van der Waals surface area contributed by atoms with E-state index in [0.29, 0.717) is 6.61 Å². The van der Waals surface area contributed by atoms with Gasteiger partial charge in [0.2, 0.25) is 16.1 Å². The van der Waals surface area contributed by atoms with Gasteiger partial charge in [-0.2, -0.15) is 4.79 Å². The lowest BCUT2D eigenvalue weighted by molar-refractivity contribution is 0.127. The molecule has 1 amide bonds. The van der Waals surface area contributed by atoms with Crippen LogP contribution in [0.5, 0.6) is 0 Å². The Morgan fingerprint density at radius 2 is 2.22 bits per heavy atom. The van der Waals surface area contributed by atoms with E-state index in [1.807, 2.05) is 31.2 Å². The van der Waals surface area contributed by atoms with E-state index < -0.39 is 0 Å². The summed E-state index contributed by atoms with van der Waals surface area (Å²) in [6.07, 6.45) is 0.629. The van der Waals surface area contributed by atoms with Crippen LogP contribution in [-0.4, -0.2) is 25.3 Å². The third kappa shape index (κ3) is 2.01. The van der Waals surface area contributed by atoms with Crippen molar-refractivity contribution in [1.82, 2.24) is 3.51 Å². The molecule has 4 nitrogen and oxygen atoms in total. The van der Waals surface area contributed by atoms with Gasteiger partial charge < -0.3 is 10.1 Å². The molecule has 0 spiro atoms. The Morgan fingerprint density at radius 1 is 1.50 bits per heavy atom. The highest BCUT2D eigenvalue weighted by Gasteiger charge is 2.50. The van der Waals surface area contributed by atoms with E-state index in [-0.39, 0.29) is 15.6 Å². The number of halogens is 1. The molecule has 0 radical (unpaired) electrons. The van der Waals surface area contributed by atoms with Crippen LogP contribution in [0.1, 0.15) is 20.3 Å². The van der Waals surface area contributed by atoms with Gasteiger partial charge in [0.05, 0.1) is 18.8 Å². The van der Waals surface area contributed by atoms with Crippen LogP contribution in [-0.2, 0) is 4.74 Å². The molecule has 0 saturated carbocycles. The van der Waals surface area contributed by atoms with Crippen LogP contribution in [0.3, 0.4) is 0 Å². The number of amides is 1. The number of nitrogens with zero attached hydrogens (tertiary/aromatic N) is 1. The van der Waals surface area contributed by atoms with Gasteiger partial charge in [-0.25, -0.2) is 0 Å². The Kier molecular flexibility index (Phi) is 3.92. The minimum atomic E-state index is -0.252. The van der Waals surface area contributed by atoms with Crippen molar-refractivity contribution in [2.45, 2.75) is 26.3 Å². The van der Waals surface area contributed by atoms with E-state index in [1.54, 1.807) is 0 Å². The molecular weight excluding hydrogens is 296 g/mol. The summed E-state index contributed by atoms with van der Waals surface area (Å²) in [5.41, 5.74) is 1.89. The molecule has 1 aliphatic heterocycles. The molecule has 0 bridgehead atoms. The first-order valence-electron chi connectivity index (χ1n) is 6.23. The third-order valence-corrected chi connectivity index (χ3v) is 4.54. The number of hydrogen-bond acceptors (Lipinski definition) is 3. The van der Waals surface area contributed by atoms with E-state index in [4.69, 9.17) is 4.74 Å². The third-order valence-electron chi connectivity index (χ3n) is 3.29. The maximum Gasteiger partial charge on any atom is 0.532 e. The average Bonchev–Trinajstić information content (AvgIpc) is 2.39. The Hall–Kier alpha value is -1.07. The summed E-state index contributed by atoms with van der Waals surface area (Å²) in [6.45, 7) is 5.04. The average molecular weight is 314 g/mol. The lowest BCUT2D eigenvalue weighted by Crippen LogP contribution is -2.57. The largest absolute Gasteiger partial charge is 0.532 e. The molecule has 0 aliphatic carbocycles. The molecule has 1 aromatic rings. The van der Waals surface area contributed by atoms with E-state index in [9.17, 15) is 4.79 Å². The number of nitrogens with one attached hydrogen (secondary N) is 1. The highest BCUT2D eigenvalue weighted by molar-refractivity contribution is 9.09. The lowest BCUT2D eigenvalue weighted by Gasteiger charge is -2.38. The van der Waals surface area contributed by atoms with Gasteiger partial charge in [-0.1, -0.05) is 19.1 Å². The second-order valence-corrected chi connectivity index (χ2v) is 5.41. The highest BCUT2D eigenvalue weighted by Crippen LogP contribution is 2.42. The monoisotopic (exact) mass is 313 g/mol. The second-order valence-electron chi connectivity index (χ2n) is 4.30. The molecule has 1 N–H and O–H groups in total. The first-order valence-corrected chi connectivity index (χ1v) is 6.94. The highest BCUT2D eigenvalue weighted by atomic mass is 79.9. The van der Waals surface area contributed by atoms with E-state index >= 15 is 0 Å². The Labute approximate surface area is 116 Å². The van der Waals surface area contributed by atoms with Gasteiger partial charge in [-0.3, -0.25) is 0 Å². The first kappa shape index (κ1) is 13.4. The number of quaternary nitrogens is 1. The zero-order chi connectivity index (χ0) is 13.2. The predicted octanol–water partition coefficient (Wildman–Crippen LogP) is 3.66. The van der Waals surface area contributed by atoms with Crippen LogP contribution >= 0.6 is 16.1 Å². The molecule has 0 saturated heterocycles. The number of ether oxygens (including phenoxy) is 1. The van der Waals surface area contributed by atoms with Crippen LogP contribution in [0.25, 0.3) is 0 Å². The topological polar surface area (TPSA) is 38.3 Å². The van der Waals surface area contributed by atoms with Crippen molar-refractivity contribution in [2.75, 3.05) is 18.5 Å². The van der Waals surface area contributed by atoms with Crippen molar-refractivity contribution in [3.8, 4) is 0 Å². The Morgan fingerprint density at radius 3 is 2.89 bits per heavy atom. The fourth-order valence-corrected chi connectivity index (χ4v) is 3.16. The summed E-state index contributed by atoms with van der Waals surface area (Å²) in [6, 6.07) is 7.95. The summed E-state index contributed by atoms with van der Waals surface area (Å²) in [5, 5.41) is 3.36. The van der Waals surface area contributed by atoms with E-state index in [1.165, 1.54) is 0 Å². The molecule has 1 aliphatic rings. The van der Waals surface area contributed by atoms with Crippen LogP contribution in [0.4, 0.5) is 16.2 Å². The minimum Gasteiger partial charge on any atom is -0.419 e. The van der Waals surface area contributed by atoms with E-state index in [2.05, 4.69) is 28.4 Å². The number of anilines is 1. The maximum atomic E-state index is 12.3. The number of hydrogen-bond donors (Lipinski definition) is 1. The first-order chi connectivity index (χ1) is 8.64. The smallest absolute Gasteiger partial charge is 0.419 e. The van der Waals surface area contributed by atoms with Crippen LogP contribution in [0.15, 0.2) is 24.3 Å². The quantitative estimate of drug-likeness (QED) is 0.847. The molecule has 2 atom stereocenters. The summed E-state index contributed by atoms with van der Waals surface area (Å²) < 4.78 is 5.27. The number of carbonyl (C=O) groups excluding carboxylic acids is 1. The number of para-hydroxylation sites is 2. The van der Waals surface area contributed by atoms with Gasteiger partial charge in [0.25, 0.3) is 0 Å². The van der Waals surface area contributed by atoms with Gasteiger partial charge >= 0.3 is 6.09 Å². The van der Waals surface area contributed by atoms with Crippen LogP contribution in [0, 0.1) is 0 Å². The van der Waals surface area contributed by atoms with Gasteiger partial charge in [-0.15, -0.1) is 3.51 Å². The van der Waals surface area contributed by atoms with E-state index in [0.717, 1.165) is 24.3 Å². The molecule has 18 heavy (non-hydrogen) atoms. The van der Waals surface area contributed by atoms with Gasteiger partial charge in [0.1, 0.15) is 6.04 Å². The normalized spacial score (nSPS) is 26.1. The number of rotatable bonds is 2. The van der Waals surface area contributed by atoms with Crippen molar-refractivity contribution >= 4 is 33.6 Å². The number of benzene rings is 1. The van der Waals surface area contributed by atoms with Crippen LogP contribution < -0.4 is 8.83 Å². The summed E-state index contributed by atoms with van der Waals surface area (Å²) in [4.78, 5) is 12.3. The fourth-order valence-electron chi connectivity index (χ4n) is 2.32. The SMILES string of the molecule is CCOC(=O)[N+]1(Br)c2ccccc2NCC1CC.